The van der Waals surface area contributed by atoms with Gasteiger partial charge in [0.1, 0.15) is 17.5 Å². The van der Waals surface area contributed by atoms with Crippen molar-refractivity contribution in [2.75, 3.05) is 11.9 Å². The van der Waals surface area contributed by atoms with Gasteiger partial charge >= 0.3 is 0 Å². The van der Waals surface area contributed by atoms with Gasteiger partial charge in [-0.2, -0.15) is 0 Å². The van der Waals surface area contributed by atoms with Crippen molar-refractivity contribution >= 4 is 24.0 Å². The second kappa shape index (κ2) is 6.44. The van der Waals surface area contributed by atoms with Crippen molar-refractivity contribution in [2.24, 2.45) is 5.73 Å². The van der Waals surface area contributed by atoms with Gasteiger partial charge in [0.2, 0.25) is 0 Å². The van der Waals surface area contributed by atoms with E-state index in [-0.39, 0.29) is 36.1 Å². The highest BCUT2D eigenvalue weighted by Crippen LogP contribution is 2.36. The number of ether oxygens (including phenoxy) is 2. The van der Waals surface area contributed by atoms with Crippen LogP contribution in [0.15, 0.2) is 18.2 Å². The standard InChI is InChI=1S/C16H22N2O3.ClH/c1-16(2)8-10-7-11(3-5-13(10)21-16)18-15(19)14-6-4-12(9-17)20-14;/h3,5,7,12,14H,4,6,8-9,17H2,1-2H3,(H,18,19);1H/t12-,14+;/m1./s1. The van der Waals surface area contributed by atoms with Gasteiger partial charge in [-0.05, 0) is 44.9 Å². The number of nitrogens with two attached hydrogens (primary N) is 1. The average Bonchev–Trinajstić information content (AvgIpc) is 3.00. The second-order valence-electron chi connectivity index (χ2n) is 6.41. The minimum absolute atomic E-state index is 0. The summed E-state index contributed by atoms with van der Waals surface area (Å²) in [5, 5.41) is 2.93. The predicted molar refractivity (Wildman–Crippen MR) is 87.7 cm³/mol. The normalized spacial score (nSPS) is 25.0. The third kappa shape index (κ3) is 3.54. The fraction of sp³-hybridized carbons (Fsp3) is 0.562. The van der Waals surface area contributed by atoms with Gasteiger partial charge in [0.15, 0.2) is 0 Å². The van der Waals surface area contributed by atoms with Gasteiger partial charge in [0.05, 0.1) is 6.10 Å². The maximum Gasteiger partial charge on any atom is 0.253 e. The molecule has 1 amide bonds. The van der Waals surface area contributed by atoms with E-state index in [2.05, 4.69) is 19.2 Å². The van der Waals surface area contributed by atoms with E-state index in [9.17, 15) is 4.79 Å². The van der Waals surface area contributed by atoms with Crippen molar-refractivity contribution in [3.05, 3.63) is 23.8 Å². The van der Waals surface area contributed by atoms with Crippen LogP contribution in [0.3, 0.4) is 0 Å². The first kappa shape index (κ1) is 17.1. The number of halogens is 1. The third-order valence-corrected chi connectivity index (χ3v) is 3.99. The molecule has 22 heavy (non-hydrogen) atoms. The number of hydrogen-bond acceptors (Lipinski definition) is 4. The largest absolute Gasteiger partial charge is 0.487 e. The van der Waals surface area contributed by atoms with Crippen molar-refractivity contribution in [3.8, 4) is 5.75 Å². The number of benzene rings is 1. The third-order valence-electron chi connectivity index (χ3n) is 3.99. The lowest BCUT2D eigenvalue weighted by atomic mass is 10.0. The van der Waals surface area contributed by atoms with Gasteiger partial charge in [-0.25, -0.2) is 0 Å². The van der Waals surface area contributed by atoms with Gasteiger partial charge < -0.3 is 20.5 Å². The summed E-state index contributed by atoms with van der Waals surface area (Å²) in [5.74, 6) is 0.808. The van der Waals surface area contributed by atoms with E-state index in [1.807, 2.05) is 18.2 Å². The number of carbonyl (C=O) groups excluding carboxylic acids is 1. The van der Waals surface area contributed by atoms with Crippen LogP contribution in [0.25, 0.3) is 0 Å². The minimum Gasteiger partial charge on any atom is -0.487 e. The van der Waals surface area contributed by atoms with E-state index in [1.54, 1.807) is 0 Å². The lowest BCUT2D eigenvalue weighted by Crippen LogP contribution is -2.29. The molecule has 2 aliphatic heterocycles. The molecule has 1 fully saturated rings. The van der Waals surface area contributed by atoms with E-state index in [0.717, 1.165) is 36.3 Å². The van der Waals surface area contributed by atoms with Gasteiger partial charge in [0, 0.05) is 24.2 Å². The van der Waals surface area contributed by atoms with Crippen LogP contribution in [0.5, 0.6) is 5.75 Å². The van der Waals surface area contributed by atoms with E-state index in [0.29, 0.717) is 6.54 Å². The number of fused-ring (bicyclic) bond motifs is 1. The van der Waals surface area contributed by atoms with Crippen molar-refractivity contribution in [3.63, 3.8) is 0 Å². The molecule has 1 saturated heterocycles. The van der Waals surface area contributed by atoms with Crippen molar-refractivity contribution in [1.82, 2.24) is 0 Å². The van der Waals surface area contributed by atoms with Gasteiger partial charge in [0.25, 0.3) is 5.91 Å². The molecule has 1 aromatic rings. The van der Waals surface area contributed by atoms with Crippen molar-refractivity contribution < 1.29 is 14.3 Å². The smallest absolute Gasteiger partial charge is 0.253 e. The summed E-state index contributed by atoms with van der Waals surface area (Å²) in [7, 11) is 0. The second-order valence-corrected chi connectivity index (χ2v) is 6.41. The minimum atomic E-state index is -0.389. The predicted octanol–water partition coefficient (Wildman–Crippen LogP) is 2.27. The van der Waals surface area contributed by atoms with E-state index < -0.39 is 0 Å². The molecule has 0 aliphatic carbocycles. The van der Waals surface area contributed by atoms with Crippen LogP contribution >= 0.6 is 12.4 Å². The number of amides is 1. The Morgan fingerprint density at radius 1 is 1.41 bits per heavy atom. The van der Waals surface area contributed by atoms with E-state index >= 15 is 0 Å². The first-order chi connectivity index (χ1) is 9.97. The zero-order valence-corrected chi connectivity index (χ0v) is 13.7. The summed E-state index contributed by atoms with van der Waals surface area (Å²) in [5.41, 5.74) is 7.31. The molecule has 3 N–H and O–H groups in total. The summed E-state index contributed by atoms with van der Waals surface area (Å²) in [6.07, 6.45) is 2.05. The molecule has 0 radical (unpaired) electrons. The zero-order chi connectivity index (χ0) is 15.0. The van der Waals surface area contributed by atoms with Crippen LogP contribution in [-0.2, 0) is 16.0 Å². The Morgan fingerprint density at radius 2 is 2.18 bits per heavy atom. The lowest BCUT2D eigenvalue weighted by Gasteiger charge is -2.16. The monoisotopic (exact) mass is 326 g/mol. The lowest BCUT2D eigenvalue weighted by molar-refractivity contribution is -0.126. The van der Waals surface area contributed by atoms with Gasteiger partial charge in [-0.15, -0.1) is 12.4 Å². The van der Waals surface area contributed by atoms with Crippen LogP contribution < -0.4 is 15.8 Å². The van der Waals surface area contributed by atoms with Crippen molar-refractivity contribution in [2.45, 2.75) is 50.9 Å². The fourth-order valence-electron chi connectivity index (χ4n) is 2.98. The Balaban J connectivity index is 0.00000176. The first-order valence-electron chi connectivity index (χ1n) is 7.45. The molecule has 2 aliphatic rings. The molecular weight excluding hydrogens is 304 g/mol. The summed E-state index contributed by atoms with van der Waals surface area (Å²) in [6.45, 7) is 4.59. The summed E-state index contributed by atoms with van der Waals surface area (Å²) in [4.78, 5) is 12.2. The summed E-state index contributed by atoms with van der Waals surface area (Å²) < 4.78 is 11.4. The Kier molecular flexibility index (Phi) is 5.00. The molecular formula is C16H23ClN2O3. The quantitative estimate of drug-likeness (QED) is 0.893. The number of rotatable bonds is 3. The van der Waals surface area contributed by atoms with Crippen LogP contribution in [0.1, 0.15) is 32.3 Å². The van der Waals surface area contributed by atoms with E-state index in [1.165, 1.54) is 0 Å². The van der Waals surface area contributed by atoms with Crippen LogP contribution in [0.2, 0.25) is 0 Å². The Morgan fingerprint density at radius 3 is 2.86 bits per heavy atom. The Hall–Kier alpha value is -1.30. The molecule has 122 valence electrons. The van der Waals surface area contributed by atoms with Crippen LogP contribution in [0.4, 0.5) is 5.69 Å². The molecule has 6 heteroatoms. The fourth-order valence-corrected chi connectivity index (χ4v) is 2.98. The number of anilines is 1. The summed E-state index contributed by atoms with van der Waals surface area (Å²) in [6, 6.07) is 5.77. The Bertz CT molecular complexity index is 562. The maximum absolute atomic E-state index is 12.2. The summed E-state index contributed by atoms with van der Waals surface area (Å²) >= 11 is 0. The number of hydrogen-bond donors (Lipinski definition) is 2. The first-order valence-corrected chi connectivity index (χ1v) is 7.45. The van der Waals surface area contributed by atoms with Gasteiger partial charge in [-0.3, -0.25) is 4.79 Å². The molecule has 2 heterocycles. The molecule has 2 atom stereocenters. The molecule has 0 spiro atoms. The highest BCUT2D eigenvalue weighted by molar-refractivity contribution is 5.94. The maximum atomic E-state index is 12.2. The highest BCUT2D eigenvalue weighted by atomic mass is 35.5. The van der Waals surface area contributed by atoms with Crippen LogP contribution in [0, 0.1) is 0 Å². The van der Waals surface area contributed by atoms with Gasteiger partial charge in [-0.1, -0.05) is 0 Å². The molecule has 3 rings (SSSR count). The number of carbonyl (C=O) groups is 1. The zero-order valence-electron chi connectivity index (χ0n) is 12.9. The molecule has 1 aromatic carbocycles. The number of nitrogens with one attached hydrogen (secondary N) is 1. The molecule has 0 bridgehead atoms. The highest BCUT2D eigenvalue weighted by Gasteiger charge is 2.32. The SMILES string of the molecule is CC1(C)Cc2cc(NC(=O)[C@@H]3CC[C@H](CN)O3)ccc2O1.Cl. The van der Waals surface area contributed by atoms with E-state index in [4.69, 9.17) is 15.2 Å². The topological polar surface area (TPSA) is 73.6 Å². The molecule has 5 nitrogen and oxygen atoms in total. The molecule has 0 aromatic heterocycles. The average molecular weight is 327 g/mol. The van der Waals surface area contributed by atoms with Crippen LogP contribution in [-0.4, -0.2) is 30.3 Å². The van der Waals surface area contributed by atoms with Crippen molar-refractivity contribution in [1.29, 1.82) is 0 Å². The Labute approximate surface area is 137 Å². The molecule has 0 unspecified atom stereocenters. The molecule has 0 saturated carbocycles.